The van der Waals surface area contributed by atoms with E-state index in [1.807, 2.05) is 6.07 Å². The van der Waals surface area contributed by atoms with Gasteiger partial charge in [0, 0.05) is 11.5 Å². The second-order valence-corrected chi connectivity index (χ2v) is 7.94. The average Bonchev–Trinajstić information content (AvgIpc) is 2.52. The van der Waals surface area contributed by atoms with E-state index in [2.05, 4.69) is 15.9 Å². The molecule has 7 heteroatoms. The molecule has 0 saturated carbocycles. The number of likely N-dealkylation sites (N-methyl/N-ethyl adjacent to an activating group) is 1. The minimum Gasteiger partial charge on any atom is -0.480 e. The highest BCUT2D eigenvalue weighted by molar-refractivity contribution is 9.10. The van der Waals surface area contributed by atoms with Gasteiger partial charge < -0.3 is 5.11 Å². The second kappa shape index (κ2) is 7.25. The summed E-state index contributed by atoms with van der Waals surface area (Å²) in [6.45, 7) is 0. The molecule has 0 aliphatic rings. The molecule has 0 aromatic heterocycles. The highest BCUT2D eigenvalue weighted by Gasteiger charge is 2.32. The summed E-state index contributed by atoms with van der Waals surface area (Å²) in [7, 11) is -2.58. The fourth-order valence-electron chi connectivity index (χ4n) is 2.18. The maximum Gasteiger partial charge on any atom is 0.322 e. The Morgan fingerprint density at radius 2 is 1.83 bits per heavy atom. The number of sulfonamides is 1. The SMILES string of the molecule is CN([C@H](Cc1cccc(Br)c1)C(=O)O)S(=O)(=O)c1ccccc1. The number of hydrogen-bond acceptors (Lipinski definition) is 3. The lowest BCUT2D eigenvalue weighted by atomic mass is 10.1. The van der Waals surface area contributed by atoms with Gasteiger partial charge in [-0.25, -0.2) is 8.42 Å². The van der Waals surface area contributed by atoms with E-state index in [1.54, 1.807) is 36.4 Å². The standard InChI is InChI=1S/C16H16BrNO4S/c1-18(23(21,22)14-8-3-2-4-9-14)15(16(19)20)11-12-6-5-7-13(17)10-12/h2-10,15H,11H2,1H3,(H,19,20)/t15-/m1/s1. The molecule has 1 atom stereocenters. The molecular weight excluding hydrogens is 382 g/mol. The third-order valence-electron chi connectivity index (χ3n) is 3.46. The van der Waals surface area contributed by atoms with E-state index in [9.17, 15) is 18.3 Å². The van der Waals surface area contributed by atoms with Gasteiger partial charge in [-0.3, -0.25) is 4.79 Å². The third-order valence-corrected chi connectivity index (χ3v) is 5.84. The van der Waals surface area contributed by atoms with Gasteiger partial charge in [-0.15, -0.1) is 0 Å². The Balaban J connectivity index is 2.32. The number of hydrogen-bond donors (Lipinski definition) is 1. The van der Waals surface area contributed by atoms with E-state index >= 15 is 0 Å². The van der Waals surface area contributed by atoms with Gasteiger partial charge >= 0.3 is 5.97 Å². The van der Waals surface area contributed by atoms with E-state index < -0.39 is 22.0 Å². The molecule has 5 nitrogen and oxygen atoms in total. The Kier molecular flexibility index (Phi) is 5.56. The first-order chi connectivity index (χ1) is 10.8. The second-order valence-electron chi connectivity index (χ2n) is 5.02. The number of aliphatic carboxylic acids is 1. The summed E-state index contributed by atoms with van der Waals surface area (Å²) in [5.74, 6) is -1.19. The van der Waals surface area contributed by atoms with Crippen molar-refractivity contribution in [3.05, 3.63) is 64.6 Å². The van der Waals surface area contributed by atoms with Crippen LogP contribution < -0.4 is 0 Å². The van der Waals surface area contributed by atoms with Crippen molar-refractivity contribution in [3.8, 4) is 0 Å². The number of carboxylic acid groups (broad SMARTS) is 1. The zero-order valence-electron chi connectivity index (χ0n) is 12.4. The molecule has 0 radical (unpaired) electrons. The summed E-state index contributed by atoms with van der Waals surface area (Å²) in [5.41, 5.74) is 0.738. The number of carbonyl (C=O) groups is 1. The van der Waals surface area contributed by atoms with Crippen molar-refractivity contribution in [1.29, 1.82) is 0 Å². The molecule has 2 rings (SSSR count). The number of nitrogens with zero attached hydrogens (tertiary/aromatic N) is 1. The lowest BCUT2D eigenvalue weighted by Crippen LogP contribution is -2.43. The van der Waals surface area contributed by atoms with Crippen molar-refractivity contribution >= 4 is 31.9 Å². The summed E-state index contributed by atoms with van der Waals surface area (Å²) >= 11 is 3.32. The molecule has 1 N–H and O–H groups in total. The van der Waals surface area contributed by atoms with E-state index in [0.717, 1.165) is 14.3 Å². The molecule has 0 aliphatic heterocycles. The van der Waals surface area contributed by atoms with Gasteiger partial charge in [-0.2, -0.15) is 4.31 Å². The summed E-state index contributed by atoms with van der Waals surface area (Å²) in [5, 5.41) is 9.47. The normalized spacial score (nSPS) is 13.0. The van der Waals surface area contributed by atoms with Crippen molar-refractivity contribution in [2.45, 2.75) is 17.4 Å². The predicted molar refractivity (Wildman–Crippen MR) is 90.7 cm³/mol. The van der Waals surface area contributed by atoms with E-state index in [4.69, 9.17) is 0 Å². The van der Waals surface area contributed by atoms with Crippen LogP contribution in [0.4, 0.5) is 0 Å². The summed E-state index contributed by atoms with van der Waals surface area (Å²) in [4.78, 5) is 11.7. The summed E-state index contributed by atoms with van der Waals surface area (Å²) < 4.78 is 26.9. The molecule has 0 saturated heterocycles. The monoisotopic (exact) mass is 397 g/mol. The first-order valence-corrected chi connectivity index (χ1v) is 9.06. The molecule has 0 spiro atoms. The van der Waals surface area contributed by atoms with Gasteiger partial charge in [0.15, 0.2) is 0 Å². The van der Waals surface area contributed by atoms with Crippen LogP contribution in [0.15, 0.2) is 64.0 Å². The average molecular weight is 398 g/mol. The Labute approximate surface area is 143 Å². The van der Waals surface area contributed by atoms with Crippen LogP contribution in [0.25, 0.3) is 0 Å². The molecule has 23 heavy (non-hydrogen) atoms. The minimum absolute atomic E-state index is 0.0722. The zero-order chi connectivity index (χ0) is 17.0. The smallest absolute Gasteiger partial charge is 0.322 e. The van der Waals surface area contributed by atoms with Crippen LogP contribution >= 0.6 is 15.9 Å². The van der Waals surface area contributed by atoms with Crippen LogP contribution in [-0.2, 0) is 21.2 Å². The Bertz CT molecular complexity index is 793. The highest BCUT2D eigenvalue weighted by atomic mass is 79.9. The lowest BCUT2D eigenvalue weighted by Gasteiger charge is -2.24. The van der Waals surface area contributed by atoms with Crippen molar-refractivity contribution in [3.63, 3.8) is 0 Å². The molecule has 122 valence electrons. The molecule has 2 aromatic carbocycles. The van der Waals surface area contributed by atoms with Gasteiger partial charge in [0.05, 0.1) is 4.90 Å². The summed E-state index contributed by atoms with van der Waals surface area (Å²) in [6, 6.07) is 13.8. The Hall–Kier alpha value is -1.70. The van der Waals surface area contributed by atoms with Crippen LogP contribution in [0.5, 0.6) is 0 Å². The molecule has 0 amide bonds. The third kappa shape index (κ3) is 4.19. The van der Waals surface area contributed by atoms with Crippen LogP contribution in [0.1, 0.15) is 5.56 Å². The predicted octanol–water partition coefficient (Wildman–Crippen LogP) is 2.77. The number of benzene rings is 2. The Morgan fingerprint density at radius 1 is 1.17 bits per heavy atom. The lowest BCUT2D eigenvalue weighted by molar-refractivity contribution is -0.141. The van der Waals surface area contributed by atoms with Crippen LogP contribution in [0.3, 0.4) is 0 Å². The van der Waals surface area contributed by atoms with Crippen LogP contribution in [0, 0.1) is 0 Å². The van der Waals surface area contributed by atoms with E-state index in [1.165, 1.54) is 19.2 Å². The number of rotatable bonds is 6. The van der Waals surface area contributed by atoms with Crippen LogP contribution in [0.2, 0.25) is 0 Å². The fourth-order valence-corrected chi connectivity index (χ4v) is 3.96. The van der Waals surface area contributed by atoms with Gasteiger partial charge in [0.2, 0.25) is 10.0 Å². The van der Waals surface area contributed by atoms with Crippen molar-refractivity contribution in [1.82, 2.24) is 4.31 Å². The molecule has 0 bridgehead atoms. The molecule has 2 aromatic rings. The van der Waals surface area contributed by atoms with Crippen molar-refractivity contribution < 1.29 is 18.3 Å². The molecule has 0 fully saturated rings. The van der Waals surface area contributed by atoms with Gasteiger partial charge in [-0.05, 0) is 36.2 Å². The minimum atomic E-state index is -3.87. The van der Waals surface area contributed by atoms with Gasteiger partial charge in [-0.1, -0.05) is 46.3 Å². The van der Waals surface area contributed by atoms with Crippen molar-refractivity contribution in [2.24, 2.45) is 0 Å². The number of carboxylic acids is 1. The largest absolute Gasteiger partial charge is 0.480 e. The Morgan fingerprint density at radius 3 is 2.39 bits per heavy atom. The number of halogens is 1. The van der Waals surface area contributed by atoms with Gasteiger partial charge in [0.25, 0.3) is 0 Å². The van der Waals surface area contributed by atoms with E-state index in [0.29, 0.717) is 0 Å². The molecule has 0 unspecified atom stereocenters. The topological polar surface area (TPSA) is 74.7 Å². The molecular formula is C16H16BrNO4S. The maximum atomic E-state index is 12.6. The fraction of sp³-hybridized carbons (Fsp3) is 0.188. The quantitative estimate of drug-likeness (QED) is 0.812. The first-order valence-electron chi connectivity index (χ1n) is 6.82. The first kappa shape index (κ1) is 17.7. The van der Waals surface area contributed by atoms with E-state index in [-0.39, 0.29) is 11.3 Å². The van der Waals surface area contributed by atoms with Crippen molar-refractivity contribution in [2.75, 3.05) is 7.05 Å². The molecule has 0 aliphatic carbocycles. The summed E-state index contributed by atoms with van der Waals surface area (Å²) in [6.07, 6.45) is 0.0807. The van der Waals surface area contributed by atoms with Crippen LogP contribution in [-0.4, -0.2) is 36.9 Å². The maximum absolute atomic E-state index is 12.6. The highest BCUT2D eigenvalue weighted by Crippen LogP contribution is 2.20. The van der Waals surface area contributed by atoms with Gasteiger partial charge in [0.1, 0.15) is 6.04 Å². The molecule has 0 heterocycles. The zero-order valence-corrected chi connectivity index (χ0v) is 14.8.